The van der Waals surface area contributed by atoms with E-state index in [1.807, 2.05) is 47.5 Å². The van der Waals surface area contributed by atoms with Crippen molar-refractivity contribution in [2.45, 2.75) is 13.0 Å². The number of nitrogens with zero attached hydrogens (tertiary/aromatic N) is 3. The summed E-state index contributed by atoms with van der Waals surface area (Å²) in [4.78, 5) is 19.9. The van der Waals surface area contributed by atoms with Crippen LogP contribution in [-0.4, -0.2) is 59.4 Å². The van der Waals surface area contributed by atoms with Crippen molar-refractivity contribution in [1.29, 1.82) is 0 Å². The molecule has 1 aliphatic rings. The zero-order chi connectivity index (χ0) is 24.0. The maximum Gasteiger partial charge on any atom is 0.257 e. The van der Waals surface area contributed by atoms with Crippen LogP contribution in [0.5, 0.6) is 11.5 Å². The van der Waals surface area contributed by atoms with Gasteiger partial charge in [-0.25, -0.2) is 0 Å². The first kappa shape index (κ1) is 22.9. The number of carbonyl (C=O) groups is 1. The summed E-state index contributed by atoms with van der Waals surface area (Å²) in [5.41, 5.74) is 3.45. The van der Waals surface area contributed by atoms with E-state index in [9.17, 15) is 4.79 Å². The molecule has 1 fully saturated rings. The van der Waals surface area contributed by atoms with Gasteiger partial charge in [0.05, 0.1) is 43.3 Å². The smallest absolute Gasteiger partial charge is 0.257 e. The molecule has 4 aromatic rings. The second-order valence-corrected chi connectivity index (χ2v) is 8.59. The number of hydrogen-bond acceptors (Lipinski definition) is 6. The first-order valence-corrected chi connectivity index (χ1v) is 11.7. The van der Waals surface area contributed by atoms with E-state index in [4.69, 9.17) is 14.2 Å². The standard InChI is InChI=1S/C27H28N4O4/c1-33-25-10-5-8-22(26(25)35-18-21-7-2-3-11-28-21)27(32)31-12-13-34-17-19(16-31)14-20-6-4-9-24-23(20)15-29-30-24/h2-11,15,19H,12-14,16-18H2,1H3,(H,29,30)/t19-/m1/s1. The molecule has 180 valence electrons. The van der Waals surface area contributed by atoms with Crippen LogP contribution in [0.25, 0.3) is 10.9 Å². The minimum atomic E-state index is -0.100. The number of aromatic amines is 1. The number of para-hydroxylation sites is 1. The molecule has 8 nitrogen and oxygen atoms in total. The number of hydrogen-bond donors (Lipinski definition) is 1. The number of benzene rings is 2. The van der Waals surface area contributed by atoms with Crippen molar-refractivity contribution in [3.05, 3.63) is 83.8 Å². The van der Waals surface area contributed by atoms with Gasteiger partial charge in [-0.15, -0.1) is 0 Å². The Morgan fingerprint density at radius 2 is 2.09 bits per heavy atom. The molecule has 2 aromatic carbocycles. The predicted molar refractivity (Wildman–Crippen MR) is 132 cm³/mol. The molecule has 3 heterocycles. The summed E-state index contributed by atoms with van der Waals surface area (Å²) in [5.74, 6) is 0.999. The van der Waals surface area contributed by atoms with E-state index in [2.05, 4.69) is 21.2 Å². The van der Waals surface area contributed by atoms with Gasteiger partial charge in [-0.3, -0.25) is 14.9 Å². The Balaban J connectivity index is 1.36. The average molecular weight is 473 g/mol. The lowest BCUT2D eigenvalue weighted by Crippen LogP contribution is -2.36. The van der Waals surface area contributed by atoms with E-state index >= 15 is 0 Å². The molecule has 0 radical (unpaired) electrons. The lowest BCUT2D eigenvalue weighted by atomic mass is 9.97. The number of ether oxygens (including phenoxy) is 3. The number of aromatic nitrogens is 3. The van der Waals surface area contributed by atoms with Gasteiger partial charge in [-0.1, -0.05) is 24.3 Å². The summed E-state index contributed by atoms with van der Waals surface area (Å²) in [7, 11) is 1.57. The summed E-state index contributed by atoms with van der Waals surface area (Å²) >= 11 is 0. The maximum atomic E-state index is 13.7. The third kappa shape index (κ3) is 5.12. The van der Waals surface area contributed by atoms with Crippen molar-refractivity contribution in [3.63, 3.8) is 0 Å². The molecule has 1 atom stereocenters. The van der Waals surface area contributed by atoms with Gasteiger partial charge in [0, 0.05) is 30.6 Å². The summed E-state index contributed by atoms with van der Waals surface area (Å²) in [5, 5.41) is 8.30. The Morgan fingerprint density at radius 3 is 2.94 bits per heavy atom. The van der Waals surface area contributed by atoms with Crippen molar-refractivity contribution in [2.24, 2.45) is 5.92 Å². The fraction of sp³-hybridized carbons (Fsp3) is 0.296. The molecule has 8 heteroatoms. The van der Waals surface area contributed by atoms with Crippen LogP contribution in [0.15, 0.2) is 67.0 Å². The molecule has 1 aliphatic heterocycles. The van der Waals surface area contributed by atoms with Gasteiger partial charge in [0.15, 0.2) is 11.5 Å². The Hall–Kier alpha value is -3.91. The fourth-order valence-corrected chi connectivity index (χ4v) is 4.50. The molecule has 0 unspecified atom stereocenters. The van der Waals surface area contributed by atoms with Crippen molar-refractivity contribution in [1.82, 2.24) is 20.1 Å². The quantitative estimate of drug-likeness (QED) is 0.439. The average Bonchev–Trinajstić information content (AvgIpc) is 3.27. The van der Waals surface area contributed by atoms with Crippen molar-refractivity contribution >= 4 is 16.8 Å². The predicted octanol–water partition coefficient (Wildman–Crippen LogP) is 3.88. The number of nitrogens with one attached hydrogen (secondary N) is 1. The molecule has 0 aliphatic carbocycles. The summed E-state index contributed by atoms with van der Waals surface area (Å²) in [6.45, 7) is 2.43. The van der Waals surface area contributed by atoms with Gasteiger partial charge in [0.1, 0.15) is 6.61 Å². The zero-order valence-electron chi connectivity index (χ0n) is 19.6. The van der Waals surface area contributed by atoms with Gasteiger partial charge >= 0.3 is 0 Å². The number of rotatable bonds is 7. The minimum absolute atomic E-state index is 0.100. The second kappa shape index (κ2) is 10.6. The normalized spacial score (nSPS) is 16.1. The van der Waals surface area contributed by atoms with Gasteiger partial charge in [0.2, 0.25) is 0 Å². The first-order valence-electron chi connectivity index (χ1n) is 11.7. The largest absolute Gasteiger partial charge is 0.493 e. The van der Waals surface area contributed by atoms with E-state index in [1.165, 1.54) is 5.56 Å². The van der Waals surface area contributed by atoms with Crippen LogP contribution in [0.4, 0.5) is 0 Å². The lowest BCUT2D eigenvalue weighted by Gasteiger charge is -2.25. The lowest BCUT2D eigenvalue weighted by molar-refractivity contribution is 0.0731. The molecule has 5 rings (SSSR count). The monoisotopic (exact) mass is 472 g/mol. The Labute approximate surface area is 203 Å². The van der Waals surface area contributed by atoms with Crippen LogP contribution in [0.1, 0.15) is 21.6 Å². The third-order valence-electron chi connectivity index (χ3n) is 6.23. The van der Waals surface area contributed by atoms with Crippen molar-refractivity contribution < 1.29 is 19.0 Å². The van der Waals surface area contributed by atoms with E-state index in [1.54, 1.807) is 25.4 Å². The number of methoxy groups -OCH3 is 1. The molecule has 1 N–H and O–H groups in total. The molecular formula is C27H28N4O4. The summed E-state index contributed by atoms with van der Waals surface area (Å²) < 4.78 is 17.5. The second-order valence-electron chi connectivity index (χ2n) is 8.59. The number of H-pyrrole nitrogens is 1. The van der Waals surface area contributed by atoms with Crippen LogP contribution in [-0.2, 0) is 17.8 Å². The van der Waals surface area contributed by atoms with E-state index < -0.39 is 0 Å². The highest BCUT2D eigenvalue weighted by Crippen LogP contribution is 2.33. The molecule has 2 aromatic heterocycles. The Morgan fingerprint density at radius 1 is 1.17 bits per heavy atom. The molecule has 1 saturated heterocycles. The molecule has 0 saturated carbocycles. The van der Waals surface area contributed by atoms with Crippen molar-refractivity contribution in [3.8, 4) is 11.5 Å². The number of carbonyl (C=O) groups excluding carboxylic acids is 1. The van der Waals surface area contributed by atoms with Gasteiger partial charge in [-0.05, 0) is 42.3 Å². The zero-order valence-corrected chi connectivity index (χ0v) is 19.6. The minimum Gasteiger partial charge on any atom is -0.493 e. The van der Waals surface area contributed by atoms with E-state index in [-0.39, 0.29) is 18.4 Å². The van der Waals surface area contributed by atoms with E-state index in [0.29, 0.717) is 43.4 Å². The fourth-order valence-electron chi connectivity index (χ4n) is 4.50. The Bertz CT molecular complexity index is 1290. The molecule has 1 amide bonds. The van der Waals surface area contributed by atoms with Gasteiger partial charge in [0.25, 0.3) is 5.91 Å². The van der Waals surface area contributed by atoms with Crippen LogP contribution in [0.2, 0.25) is 0 Å². The van der Waals surface area contributed by atoms with Crippen LogP contribution >= 0.6 is 0 Å². The van der Waals surface area contributed by atoms with Gasteiger partial charge < -0.3 is 19.1 Å². The topological polar surface area (TPSA) is 89.6 Å². The maximum absolute atomic E-state index is 13.7. The molecule has 0 spiro atoms. The highest BCUT2D eigenvalue weighted by molar-refractivity contribution is 5.98. The first-order chi connectivity index (χ1) is 17.2. The van der Waals surface area contributed by atoms with Gasteiger partial charge in [-0.2, -0.15) is 5.10 Å². The molecule has 35 heavy (non-hydrogen) atoms. The summed E-state index contributed by atoms with van der Waals surface area (Å²) in [6, 6.07) is 17.2. The highest BCUT2D eigenvalue weighted by Gasteiger charge is 2.27. The number of fused-ring (bicyclic) bond motifs is 1. The summed E-state index contributed by atoms with van der Waals surface area (Å²) in [6.07, 6.45) is 4.36. The van der Waals surface area contributed by atoms with E-state index in [0.717, 1.165) is 23.0 Å². The highest BCUT2D eigenvalue weighted by atomic mass is 16.5. The molecule has 0 bridgehead atoms. The SMILES string of the molecule is COc1cccc(C(=O)N2CCOC[C@H](Cc3cccc4[nH]ncc34)C2)c1OCc1ccccn1. The van der Waals surface area contributed by atoms with Crippen LogP contribution < -0.4 is 9.47 Å². The Kier molecular flexibility index (Phi) is 6.90. The number of amides is 1. The van der Waals surface area contributed by atoms with Crippen LogP contribution in [0, 0.1) is 5.92 Å². The molecular weight excluding hydrogens is 444 g/mol. The third-order valence-corrected chi connectivity index (χ3v) is 6.23. The van der Waals surface area contributed by atoms with Crippen molar-refractivity contribution in [2.75, 3.05) is 33.4 Å². The number of pyridine rings is 1. The van der Waals surface area contributed by atoms with Crippen LogP contribution in [0.3, 0.4) is 0 Å².